The van der Waals surface area contributed by atoms with Gasteiger partial charge in [-0.15, -0.1) is 0 Å². The molecule has 0 bridgehead atoms. The second kappa shape index (κ2) is 5.44. The standard InChI is InChI=1S/C18H18N2O/c1-12(2)13-6-8-14(9-7-13)20-18(21)16-4-3-5-17-15(16)10-11-19-17/h3-12,19H,1-2H3,(H,20,21). The van der Waals surface area contributed by atoms with Crippen molar-refractivity contribution in [3.63, 3.8) is 0 Å². The van der Waals surface area contributed by atoms with E-state index in [4.69, 9.17) is 0 Å². The quantitative estimate of drug-likeness (QED) is 0.725. The van der Waals surface area contributed by atoms with Gasteiger partial charge < -0.3 is 10.3 Å². The average molecular weight is 278 g/mol. The fourth-order valence-corrected chi connectivity index (χ4v) is 2.43. The van der Waals surface area contributed by atoms with Crippen LogP contribution in [-0.4, -0.2) is 10.9 Å². The van der Waals surface area contributed by atoms with Gasteiger partial charge in [0, 0.05) is 28.4 Å². The lowest BCUT2D eigenvalue weighted by Gasteiger charge is -2.09. The third kappa shape index (κ3) is 2.68. The predicted molar refractivity (Wildman–Crippen MR) is 86.8 cm³/mol. The minimum Gasteiger partial charge on any atom is -0.361 e. The maximum atomic E-state index is 12.4. The highest BCUT2D eigenvalue weighted by Crippen LogP contribution is 2.20. The monoisotopic (exact) mass is 278 g/mol. The Labute approximate surface area is 124 Å². The van der Waals surface area contributed by atoms with E-state index in [1.807, 2.05) is 42.6 Å². The average Bonchev–Trinajstić information content (AvgIpc) is 2.96. The van der Waals surface area contributed by atoms with Gasteiger partial charge in [-0.25, -0.2) is 0 Å². The van der Waals surface area contributed by atoms with E-state index in [0.29, 0.717) is 11.5 Å². The summed E-state index contributed by atoms with van der Waals surface area (Å²) in [5.74, 6) is 0.404. The summed E-state index contributed by atoms with van der Waals surface area (Å²) in [6.45, 7) is 4.31. The zero-order valence-corrected chi connectivity index (χ0v) is 12.2. The Hall–Kier alpha value is -2.55. The molecule has 3 heteroatoms. The zero-order chi connectivity index (χ0) is 14.8. The van der Waals surface area contributed by atoms with Crippen LogP contribution in [0.3, 0.4) is 0 Å². The van der Waals surface area contributed by atoms with E-state index in [0.717, 1.165) is 16.6 Å². The van der Waals surface area contributed by atoms with Crippen molar-refractivity contribution in [3.05, 3.63) is 65.9 Å². The van der Waals surface area contributed by atoms with Crippen molar-refractivity contribution < 1.29 is 4.79 Å². The molecule has 1 amide bonds. The van der Waals surface area contributed by atoms with E-state index < -0.39 is 0 Å². The van der Waals surface area contributed by atoms with E-state index in [1.165, 1.54) is 5.56 Å². The zero-order valence-electron chi connectivity index (χ0n) is 12.2. The molecule has 0 saturated heterocycles. The van der Waals surface area contributed by atoms with Gasteiger partial charge in [0.25, 0.3) is 5.91 Å². The smallest absolute Gasteiger partial charge is 0.256 e. The van der Waals surface area contributed by atoms with Gasteiger partial charge in [-0.2, -0.15) is 0 Å². The van der Waals surface area contributed by atoms with Gasteiger partial charge in [-0.1, -0.05) is 32.0 Å². The van der Waals surface area contributed by atoms with Gasteiger partial charge in [0.1, 0.15) is 0 Å². The first-order valence-electron chi connectivity index (χ1n) is 7.12. The van der Waals surface area contributed by atoms with Crippen LogP contribution in [0.2, 0.25) is 0 Å². The molecule has 0 fully saturated rings. The molecule has 2 aromatic carbocycles. The molecule has 21 heavy (non-hydrogen) atoms. The number of rotatable bonds is 3. The lowest BCUT2D eigenvalue weighted by atomic mass is 10.0. The predicted octanol–water partition coefficient (Wildman–Crippen LogP) is 4.54. The first-order valence-corrected chi connectivity index (χ1v) is 7.12. The van der Waals surface area contributed by atoms with Crippen molar-refractivity contribution >= 4 is 22.5 Å². The molecule has 2 N–H and O–H groups in total. The van der Waals surface area contributed by atoms with Crippen LogP contribution >= 0.6 is 0 Å². The summed E-state index contributed by atoms with van der Waals surface area (Å²) in [4.78, 5) is 15.5. The second-order valence-electron chi connectivity index (χ2n) is 5.48. The van der Waals surface area contributed by atoms with E-state index in [1.54, 1.807) is 0 Å². The number of carbonyl (C=O) groups is 1. The van der Waals surface area contributed by atoms with Crippen molar-refractivity contribution in [3.8, 4) is 0 Å². The topological polar surface area (TPSA) is 44.9 Å². The molecule has 0 radical (unpaired) electrons. The molecule has 1 heterocycles. The molecular weight excluding hydrogens is 260 g/mol. The van der Waals surface area contributed by atoms with Gasteiger partial charge in [0.15, 0.2) is 0 Å². The number of hydrogen-bond donors (Lipinski definition) is 2. The summed E-state index contributed by atoms with van der Waals surface area (Å²) in [6.07, 6.45) is 1.85. The first kappa shape index (κ1) is 13.4. The highest BCUT2D eigenvalue weighted by molar-refractivity contribution is 6.12. The highest BCUT2D eigenvalue weighted by atomic mass is 16.1. The summed E-state index contributed by atoms with van der Waals surface area (Å²) in [7, 11) is 0. The molecule has 3 aromatic rings. The lowest BCUT2D eigenvalue weighted by molar-refractivity contribution is 0.102. The summed E-state index contributed by atoms with van der Waals surface area (Å²) < 4.78 is 0. The van der Waals surface area contributed by atoms with Gasteiger partial charge in [0.2, 0.25) is 0 Å². The Morgan fingerprint density at radius 1 is 1.05 bits per heavy atom. The molecule has 0 aliphatic carbocycles. The fourth-order valence-electron chi connectivity index (χ4n) is 2.43. The maximum Gasteiger partial charge on any atom is 0.256 e. The number of amides is 1. The maximum absolute atomic E-state index is 12.4. The Morgan fingerprint density at radius 2 is 1.81 bits per heavy atom. The minimum absolute atomic E-state index is 0.0857. The van der Waals surface area contributed by atoms with Crippen molar-refractivity contribution in [1.29, 1.82) is 0 Å². The van der Waals surface area contributed by atoms with Gasteiger partial charge in [-0.3, -0.25) is 4.79 Å². The first-order chi connectivity index (χ1) is 10.1. The summed E-state index contributed by atoms with van der Waals surface area (Å²) >= 11 is 0. The van der Waals surface area contributed by atoms with Gasteiger partial charge in [-0.05, 0) is 41.8 Å². The summed E-state index contributed by atoms with van der Waals surface area (Å²) in [5, 5.41) is 3.89. The Balaban J connectivity index is 1.84. The molecule has 3 nitrogen and oxygen atoms in total. The number of nitrogens with one attached hydrogen (secondary N) is 2. The molecule has 0 spiro atoms. The van der Waals surface area contributed by atoms with Crippen LogP contribution in [0.5, 0.6) is 0 Å². The molecule has 0 aliphatic rings. The Bertz CT molecular complexity index is 769. The number of carbonyl (C=O) groups excluding carboxylic acids is 1. The molecule has 0 aliphatic heterocycles. The Morgan fingerprint density at radius 3 is 2.52 bits per heavy atom. The fraction of sp³-hybridized carbons (Fsp3) is 0.167. The number of benzene rings is 2. The highest BCUT2D eigenvalue weighted by Gasteiger charge is 2.10. The van der Waals surface area contributed by atoms with Crippen LogP contribution in [0.4, 0.5) is 5.69 Å². The van der Waals surface area contributed by atoms with E-state index in [-0.39, 0.29) is 5.91 Å². The van der Waals surface area contributed by atoms with Crippen LogP contribution in [0.1, 0.15) is 35.7 Å². The van der Waals surface area contributed by atoms with E-state index in [9.17, 15) is 4.79 Å². The largest absolute Gasteiger partial charge is 0.361 e. The number of fused-ring (bicyclic) bond motifs is 1. The summed E-state index contributed by atoms with van der Waals surface area (Å²) in [6, 6.07) is 15.6. The molecule has 0 unspecified atom stereocenters. The van der Waals surface area contributed by atoms with Crippen LogP contribution in [0.25, 0.3) is 10.9 Å². The van der Waals surface area contributed by atoms with Crippen molar-refractivity contribution in [1.82, 2.24) is 4.98 Å². The molecular formula is C18H18N2O. The van der Waals surface area contributed by atoms with Gasteiger partial charge in [0.05, 0.1) is 0 Å². The molecule has 3 rings (SSSR count). The second-order valence-corrected chi connectivity index (χ2v) is 5.48. The normalized spacial score (nSPS) is 11.0. The number of hydrogen-bond acceptors (Lipinski definition) is 1. The number of aromatic nitrogens is 1. The third-order valence-corrected chi connectivity index (χ3v) is 3.67. The van der Waals surface area contributed by atoms with Crippen molar-refractivity contribution in [2.45, 2.75) is 19.8 Å². The van der Waals surface area contributed by atoms with Crippen LogP contribution in [0.15, 0.2) is 54.7 Å². The number of H-pyrrole nitrogens is 1. The van der Waals surface area contributed by atoms with Crippen molar-refractivity contribution in [2.24, 2.45) is 0 Å². The number of aromatic amines is 1. The number of anilines is 1. The van der Waals surface area contributed by atoms with E-state index in [2.05, 4.69) is 36.3 Å². The summed E-state index contributed by atoms with van der Waals surface area (Å²) in [5.41, 5.74) is 3.73. The molecule has 106 valence electrons. The molecule has 0 saturated carbocycles. The van der Waals surface area contributed by atoms with Crippen LogP contribution in [0, 0.1) is 0 Å². The van der Waals surface area contributed by atoms with Gasteiger partial charge >= 0.3 is 0 Å². The minimum atomic E-state index is -0.0857. The molecule has 0 atom stereocenters. The third-order valence-electron chi connectivity index (χ3n) is 3.67. The Kier molecular flexibility index (Phi) is 3.48. The molecule has 1 aromatic heterocycles. The SMILES string of the molecule is CC(C)c1ccc(NC(=O)c2cccc3[nH]ccc23)cc1. The van der Waals surface area contributed by atoms with Crippen LogP contribution < -0.4 is 5.32 Å². The lowest BCUT2D eigenvalue weighted by Crippen LogP contribution is -2.12. The van der Waals surface area contributed by atoms with Crippen LogP contribution in [-0.2, 0) is 0 Å². The van der Waals surface area contributed by atoms with E-state index >= 15 is 0 Å². The van der Waals surface area contributed by atoms with Crippen molar-refractivity contribution in [2.75, 3.05) is 5.32 Å².